The Hall–Kier alpha value is -1.75. The Kier molecular flexibility index (Phi) is 3.76. The topological polar surface area (TPSA) is 43.6 Å². The summed E-state index contributed by atoms with van der Waals surface area (Å²) in [7, 11) is 2.05. The van der Waals surface area contributed by atoms with Gasteiger partial charge in [-0.15, -0.1) is 0 Å². The Bertz CT molecular complexity index is 792. The summed E-state index contributed by atoms with van der Waals surface area (Å²) in [6.45, 7) is 4.20. The Labute approximate surface area is 132 Å². The molecule has 21 heavy (non-hydrogen) atoms. The molecule has 5 heteroatoms. The summed E-state index contributed by atoms with van der Waals surface area (Å²) in [6, 6.07) is 10.1. The first-order valence-corrected chi connectivity index (χ1v) is 7.77. The molecule has 0 saturated carbocycles. The molecule has 0 aliphatic heterocycles. The molecule has 0 aliphatic carbocycles. The van der Waals surface area contributed by atoms with Crippen molar-refractivity contribution in [3.8, 4) is 0 Å². The minimum atomic E-state index is 0.307. The lowest BCUT2D eigenvalue weighted by atomic mass is 10.2. The second-order valence-corrected chi connectivity index (χ2v) is 6.26. The van der Waals surface area contributed by atoms with Gasteiger partial charge in [0.1, 0.15) is 16.3 Å². The van der Waals surface area contributed by atoms with Gasteiger partial charge in [0.15, 0.2) is 0 Å². The van der Waals surface area contributed by atoms with Crippen LogP contribution in [0.3, 0.4) is 0 Å². The maximum absolute atomic E-state index is 4.70. The molecule has 2 aromatic heterocycles. The summed E-state index contributed by atoms with van der Waals surface area (Å²) in [6.07, 6.45) is 0.700. The average molecular weight is 345 g/mol. The smallest absolute Gasteiger partial charge is 0.132 e. The van der Waals surface area contributed by atoms with Gasteiger partial charge >= 0.3 is 0 Å². The molecule has 3 rings (SSSR count). The number of fused-ring (bicyclic) bond motifs is 1. The highest BCUT2D eigenvalue weighted by atomic mass is 79.9. The van der Waals surface area contributed by atoms with Crippen molar-refractivity contribution in [3.63, 3.8) is 0 Å². The van der Waals surface area contributed by atoms with E-state index >= 15 is 0 Å². The average Bonchev–Trinajstić information content (AvgIpc) is 2.75. The highest BCUT2D eigenvalue weighted by molar-refractivity contribution is 9.10. The lowest BCUT2D eigenvalue weighted by molar-refractivity contribution is 0.746. The molecular weight excluding hydrogens is 328 g/mol. The van der Waals surface area contributed by atoms with E-state index in [1.807, 2.05) is 31.3 Å². The molecule has 0 spiro atoms. The molecule has 0 unspecified atom stereocenters. The largest absolute Gasteiger partial charge is 0.331 e. The van der Waals surface area contributed by atoms with E-state index in [0.29, 0.717) is 12.3 Å². The van der Waals surface area contributed by atoms with Crippen molar-refractivity contribution in [2.45, 2.75) is 26.2 Å². The van der Waals surface area contributed by atoms with E-state index in [1.165, 1.54) is 0 Å². The number of halogens is 1. The maximum atomic E-state index is 4.70. The van der Waals surface area contributed by atoms with Crippen LogP contribution in [-0.2, 0) is 13.5 Å². The van der Waals surface area contributed by atoms with Gasteiger partial charge in [0, 0.05) is 19.4 Å². The number of rotatable bonds is 3. The fourth-order valence-corrected chi connectivity index (χ4v) is 2.79. The van der Waals surface area contributed by atoms with Gasteiger partial charge < -0.3 is 4.57 Å². The number of para-hydroxylation sites is 2. The van der Waals surface area contributed by atoms with Crippen LogP contribution >= 0.6 is 15.9 Å². The molecular formula is C16H17BrN4. The van der Waals surface area contributed by atoms with Gasteiger partial charge in [-0.1, -0.05) is 26.0 Å². The van der Waals surface area contributed by atoms with Crippen molar-refractivity contribution >= 4 is 27.0 Å². The number of benzene rings is 1. The summed E-state index contributed by atoms with van der Waals surface area (Å²) < 4.78 is 2.95. The molecule has 3 aromatic rings. The fourth-order valence-electron chi connectivity index (χ4n) is 2.35. The molecule has 0 saturated heterocycles. The van der Waals surface area contributed by atoms with Crippen LogP contribution in [0.4, 0.5) is 0 Å². The van der Waals surface area contributed by atoms with E-state index < -0.39 is 0 Å². The van der Waals surface area contributed by atoms with E-state index in [4.69, 9.17) is 4.98 Å². The monoisotopic (exact) mass is 344 g/mol. The van der Waals surface area contributed by atoms with E-state index in [2.05, 4.69) is 50.4 Å². The quantitative estimate of drug-likeness (QED) is 0.678. The molecule has 0 fully saturated rings. The summed E-state index contributed by atoms with van der Waals surface area (Å²) in [4.78, 5) is 13.8. The van der Waals surface area contributed by atoms with Gasteiger partial charge in [-0.3, -0.25) is 0 Å². The van der Waals surface area contributed by atoms with Crippen molar-refractivity contribution in [3.05, 3.63) is 52.3 Å². The number of hydrogen-bond donors (Lipinski definition) is 0. The third-order valence-electron chi connectivity index (χ3n) is 3.50. The Morgan fingerprint density at radius 1 is 1.14 bits per heavy atom. The lowest BCUT2D eigenvalue weighted by Crippen LogP contribution is -2.05. The number of aromatic nitrogens is 4. The zero-order valence-corrected chi connectivity index (χ0v) is 13.9. The van der Waals surface area contributed by atoms with Gasteiger partial charge in [0.25, 0.3) is 0 Å². The molecule has 4 nitrogen and oxygen atoms in total. The lowest BCUT2D eigenvalue weighted by Gasteiger charge is -2.08. The molecule has 2 heterocycles. The first-order chi connectivity index (χ1) is 10.0. The molecule has 0 aliphatic rings. The van der Waals surface area contributed by atoms with Crippen LogP contribution in [0.2, 0.25) is 0 Å². The Balaban J connectivity index is 2.00. The summed E-state index contributed by atoms with van der Waals surface area (Å²) in [5.74, 6) is 2.18. The number of aryl methyl sites for hydroxylation is 1. The zero-order chi connectivity index (χ0) is 15.0. The first kappa shape index (κ1) is 14.2. The second-order valence-electron chi connectivity index (χ2n) is 5.45. The van der Waals surface area contributed by atoms with Gasteiger partial charge in [-0.2, -0.15) is 0 Å². The maximum Gasteiger partial charge on any atom is 0.132 e. The third-order valence-corrected chi connectivity index (χ3v) is 3.91. The summed E-state index contributed by atoms with van der Waals surface area (Å²) in [5.41, 5.74) is 3.15. The van der Waals surface area contributed by atoms with Gasteiger partial charge in [-0.05, 0) is 34.1 Å². The summed E-state index contributed by atoms with van der Waals surface area (Å²) >= 11 is 3.47. The SMILES string of the molecule is CC(C)c1nc(Br)cc(Cc2nc3ccccc3n2C)n1. The van der Waals surface area contributed by atoms with E-state index in [1.54, 1.807) is 0 Å². The fraction of sp³-hybridized carbons (Fsp3) is 0.312. The molecule has 1 aromatic carbocycles. The van der Waals surface area contributed by atoms with Gasteiger partial charge in [-0.25, -0.2) is 15.0 Å². The van der Waals surface area contributed by atoms with Crippen LogP contribution in [0.5, 0.6) is 0 Å². The minimum Gasteiger partial charge on any atom is -0.331 e. The molecule has 0 atom stereocenters. The van der Waals surface area contributed by atoms with Crippen LogP contribution < -0.4 is 0 Å². The highest BCUT2D eigenvalue weighted by Crippen LogP contribution is 2.19. The van der Waals surface area contributed by atoms with Crippen molar-refractivity contribution in [2.24, 2.45) is 7.05 Å². The number of imidazole rings is 1. The number of nitrogens with zero attached hydrogens (tertiary/aromatic N) is 4. The van der Waals surface area contributed by atoms with Crippen LogP contribution in [-0.4, -0.2) is 19.5 Å². The molecule has 0 bridgehead atoms. The predicted molar refractivity (Wildman–Crippen MR) is 87.3 cm³/mol. The van der Waals surface area contributed by atoms with Crippen molar-refractivity contribution in [2.75, 3.05) is 0 Å². The Morgan fingerprint density at radius 3 is 2.62 bits per heavy atom. The van der Waals surface area contributed by atoms with Crippen LogP contribution in [0.25, 0.3) is 11.0 Å². The van der Waals surface area contributed by atoms with Crippen molar-refractivity contribution < 1.29 is 0 Å². The third kappa shape index (κ3) is 2.83. The molecule has 108 valence electrons. The van der Waals surface area contributed by atoms with E-state index in [-0.39, 0.29) is 0 Å². The van der Waals surface area contributed by atoms with E-state index in [9.17, 15) is 0 Å². The van der Waals surface area contributed by atoms with Gasteiger partial charge in [0.05, 0.1) is 16.7 Å². The zero-order valence-electron chi connectivity index (χ0n) is 12.3. The number of hydrogen-bond acceptors (Lipinski definition) is 3. The van der Waals surface area contributed by atoms with Crippen molar-refractivity contribution in [1.29, 1.82) is 0 Å². The van der Waals surface area contributed by atoms with Crippen molar-refractivity contribution in [1.82, 2.24) is 19.5 Å². The van der Waals surface area contributed by atoms with Crippen LogP contribution in [0.15, 0.2) is 34.9 Å². The first-order valence-electron chi connectivity index (χ1n) is 6.98. The highest BCUT2D eigenvalue weighted by Gasteiger charge is 2.11. The molecule has 0 radical (unpaired) electrons. The van der Waals surface area contributed by atoms with Gasteiger partial charge in [0.2, 0.25) is 0 Å². The predicted octanol–water partition coefficient (Wildman–Crippen LogP) is 3.84. The standard InChI is InChI=1S/C16H17BrN4/c1-10(2)16-18-11(8-14(17)20-16)9-15-19-12-6-4-5-7-13(12)21(15)3/h4-8,10H,9H2,1-3H3. The molecule has 0 N–H and O–H groups in total. The Morgan fingerprint density at radius 2 is 1.90 bits per heavy atom. The second kappa shape index (κ2) is 5.56. The van der Waals surface area contributed by atoms with E-state index in [0.717, 1.165) is 33.0 Å². The van der Waals surface area contributed by atoms with Crippen LogP contribution in [0.1, 0.15) is 37.1 Å². The minimum absolute atomic E-state index is 0.307. The summed E-state index contributed by atoms with van der Waals surface area (Å²) in [5, 5.41) is 0. The molecule has 0 amide bonds. The normalized spacial score (nSPS) is 11.5. The van der Waals surface area contributed by atoms with Crippen LogP contribution in [0, 0.1) is 0 Å².